The van der Waals surface area contributed by atoms with Gasteiger partial charge in [-0.15, -0.1) is 0 Å². The summed E-state index contributed by atoms with van der Waals surface area (Å²) in [5, 5.41) is 12.0. The van der Waals surface area contributed by atoms with E-state index >= 15 is 0 Å². The maximum atomic E-state index is 13.2. The van der Waals surface area contributed by atoms with E-state index in [4.69, 9.17) is 0 Å². The summed E-state index contributed by atoms with van der Waals surface area (Å²) in [7, 11) is 1.46. The summed E-state index contributed by atoms with van der Waals surface area (Å²) in [6, 6.07) is 16.9. The fourth-order valence-electron chi connectivity index (χ4n) is 2.82. The Labute approximate surface area is 184 Å². The highest BCUT2D eigenvalue weighted by molar-refractivity contribution is 9.10. The molecule has 5 nitrogen and oxygen atoms in total. The average molecular weight is 521 g/mol. The molecule has 1 fully saturated rings. The summed E-state index contributed by atoms with van der Waals surface area (Å²) in [5.41, 5.74) is 1.54. The number of benzene rings is 2. The molecule has 1 heterocycles. The molecule has 8 heteroatoms. The highest BCUT2D eigenvalue weighted by Crippen LogP contribution is 2.42. The van der Waals surface area contributed by atoms with Gasteiger partial charge < -0.3 is 5.32 Å². The number of rotatable bonds is 4. The summed E-state index contributed by atoms with van der Waals surface area (Å²) < 4.78 is 1.81. The summed E-state index contributed by atoms with van der Waals surface area (Å²) in [6.07, 6.45) is 0.492. The van der Waals surface area contributed by atoms with E-state index < -0.39 is 11.2 Å². The first-order valence-corrected chi connectivity index (χ1v) is 10.8. The molecule has 1 aliphatic heterocycles. The van der Waals surface area contributed by atoms with Crippen LogP contribution >= 0.6 is 43.6 Å². The van der Waals surface area contributed by atoms with Crippen LogP contribution in [0.3, 0.4) is 0 Å². The highest BCUT2D eigenvalue weighted by Gasteiger charge is 2.40. The maximum Gasteiger partial charge on any atom is 0.264 e. The predicted octanol–water partition coefficient (Wildman–Crippen LogP) is 4.38. The molecule has 3 rings (SSSR count). The van der Waals surface area contributed by atoms with Gasteiger partial charge in [0.15, 0.2) is 0 Å². The van der Waals surface area contributed by atoms with Crippen molar-refractivity contribution in [3.8, 4) is 6.07 Å². The summed E-state index contributed by atoms with van der Waals surface area (Å²) >= 11 is 8.08. The molecule has 2 aromatic rings. The van der Waals surface area contributed by atoms with Crippen LogP contribution < -0.4 is 10.2 Å². The minimum atomic E-state index is -0.511. The van der Waals surface area contributed by atoms with Crippen molar-refractivity contribution in [1.82, 2.24) is 5.32 Å². The van der Waals surface area contributed by atoms with Crippen LogP contribution in [0.25, 0.3) is 0 Å². The van der Waals surface area contributed by atoms with Crippen LogP contribution in [0.4, 0.5) is 5.69 Å². The van der Waals surface area contributed by atoms with Crippen LogP contribution in [0.2, 0.25) is 0 Å². The zero-order valence-corrected chi connectivity index (χ0v) is 18.8. The second-order valence-corrected chi connectivity index (χ2v) is 8.98. The third-order valence-electron chi connectivity index (χ3n) is 4.13. The second-order valence-electron chi connectivity index (χ2n) is 5.96. The quantitative estimate of drug-likeness (QED) is 0.479. The number of nitriles is 1. The Morgan fingerprint density at radius 3 is 2.54 bits per heavy atom. The Kier molecular flexibility index (Phi) is 6.60. The van der Waals surface area contributed by atoms with Crippen molar-refractivity contribution in [2.24, 2.45) is 0 Å². The van der Waals surface area contributed by atoms with Gasteiger partial charge >= 0.3 is 0 Å². The standard InChI is InChI=1S/C20H15Br2N3O2S/c1-24-18(26)16(11-23)20-25(15-7-5-13(21)6-8-15)19(27)17(28-20)10-12-3-2-4-14(22)9-12/h2-9,17H,10H2,1H3,(H,24,26)/b20-16+/t17-/m1/s1. The molecule has 0 unspecified atom stereocenters. The van der Waals surface area contributed by atoms with Gasteiger partial charge in [0.2, 0.25) is 5.91 Å². The van der Waals surface area contributed by atoms with Crippen LogP contribution in [0.5, 0.6) is 0 Å². The minimum Gasteiger partial charge on any atom is -0.354 e. The number of thioether (sulfide) groups is 1. The number of carbonyl (C=O) groups is 2. The molecule has 0 bridgehead atoms. The van der Waals surface area contributed by atoms with Gasteiger partial charge in [0.05, 0.1) is 5.25 Å². The van der Waals surface area contributed by atoms with Crippen molar-refractivity contribution in [3.05, 3.63) is 73.6 Å². The first kappa shape index (κ1) is 20.6. The third kappa shape index (κ3) is 4.32. The Morgan fingerprint density at radius 2 is 1.93 bits per heavy atom. The largest absolute Gasteiger partial charge is 0.354 e. The molecular formula is C20H15Br2N3O2S. The second kappa shape index (κ2) is 8.95. The molecule has 2 aromatic carbocycles. The normalized spacial score (nSPS) is 18.0. The van der Waals surface area contributed by atoms with Crippen molar-refractivity contribution in [2.45, 2.75) is 11.7 Å². The predicted molar refractivity (Wildman–Crippen MR) is 118 cm³/mol. The fourth-order valence-corrected chi connectivity index (χ4v) is 4.83. The Hall–Kier alpha value is -2.08. The number of nitrogens with zero attached hydrogens (tertiary/aromatic N) is 2. The number of carbonyl (C=O) groups excluding carboxylic acids is 2. The van der Waals surface area contributed by atoms with Gasteiger partial charge in [-0.1, -0.05) is 55.8 Å². The topological polar surface area (TPSA) is 73.2 Å². The lowest BCUT2D eigenvalue weighted by Crippen LogP contribution is -2.31. The van der Waals surface area contributed by atoms with Crippen LogP contribution in [0, 0.1) is 11.3 Å². The van der Waals surface area contributed by atoms with Gasteiger partial charge in [-0.2, -0.15) is 5.26 Å². The molecule has 0 saturated carbocycles. The lowest BCUT2D eigenvalue weighted by molar-refractivity contribution is -0.117. The maximum absolute atomic E-state index is 13.2. The van der Waals surface area contributed by atoms with Crippen molar-refractivity contribution in [3.63, 3.8) is 0 Å². The molecule has 1 saturated heterocycles. The van der Waals surface area contributed by atoms with E-state index in [9.17, 15) is 14.9 Å². The van der Waals surface area contributed by atoms with Gasteiger partial charge in [0.1, 0.15) is 16.7 Å². The number of hydrogen-bond acceptors (Lipinski definition) is 4. The monoisotopic (exact) mass is 519 g/mol. The van der Waals surface area contributed by atoms with Gasteiger partial charge in [0, 0.05) is 21.7 Å². The first-order valence-electron chi connectivity index (χ1n) is 8.31. The van der Waals surface area contributed by atoms with Crippen LogP contribution in [-0.2, 0) is 16.0 Å². The van der Waals surface area contributed by atoms with Crippen molar-refractivity contribution < 1.29 is 9.59 Å². The van der Waals surface area contributed by atoms with E-state index in [2.05, 4.69) is 37.2 Å². The van der Waals surface area contributed by atoms with Crippen molar-refractivity contribution in [1.29, 1.82) is 5.26 Å². The molecule has 1 N–H and O–H groups in total. The van der Waals surface area contributed by atoms with Crippen molar-refractivity contribution in [2.75, 3.05) is 11.9 Å². The van der Waals surface area contributed by atoms with E-state index in [-0.39, 0.29) is 11.5 Å². The van der Waals surface area contributed by atoms with Gasteiger partial charge in [-0.25, -0.2) is 0 Å². The zero-order valence-electron chi connectivity index (χ0n) is 14.8. The average Bonchev–Trinajstić information content (AvgIpc) is 2.99. The van der Waals surface area contributed by atoms with Gasteiger partial charge in [-0.05, 0) is 48.4 Å². The molecule has 0 aliphatic carbocycles. The Bertz CT molecular complexity index is 999. The number of amides is 2. The lowest BCUT2D eigenvalue weighted by Gasteiger charge is -2.18. The van der Waals surface area contributed by atoms with Crippen LogP contribution in [0.1, 0.15) is 5.56 Å². The molecule has 0 radical (unpaired) electrons. The summed E-state index contributed by atoms with van der Waals surface area (Å²) in [5.74, 6) is -0.665. The number of nitrogens with one attached hydrogen (secondary N) is 1. The van der Waals surface area contributed by atoms with Crippen molar-refractivity contribution >= 4 is 61.1 Å². The lowest BCUT2D eigenvalue weighted by atomic mass is 10.1. The summed E-state index contributed by atoms with van der Waals surface area (Å²) in [6.45, 7) is 0. The number of hydrogen-bond donors (Lipinski definition) is 1. The SMILES string of the molecule is CNC(=O)/C(C#N)=C1/S[C@H](Cc2cccc(Br)c2)C(=O)N1c1ccc(Br)cc1. The molecule has 1 aliphatic rings. The smallest absolute Gasteiger partial charge is 0.264 e. The van der Waals surface area contributed by atoms with Gasteiger partial charge in [-0.3, -0.25) is 14.5 Å². The number of halogens is 2. The van der Waals surface area contributed by atoms with Crippen LogP contribution in [-0.4, -0.2) is 24.1 Å². The zero-order chi connectivity index (χ0) is 20.3. The first-order chi connectivity index (χ1) is 13.4. The van der Waals surface area contributed by atoms with E-state index in [0.717, 1.165) is 14.5 Å². The van der Waals surface area contributed by atoms with E-state index in [1.54, 1.807) is 12.1 Å². The molecule has 0 spiro atoms. The Morgan fingerprint density at radius 1 is 1.21 bits per heavy atom. The third-order valence-corrected chi connectivity index (χ3v) is 6.41. The van der Waals surface area contributed by atoms with E-state index in [1.165, 1.54) is 23.7 Å². The molecule has 2 amide bonds. The van der Waals surface area contributed by atoms with E-state index in [1.807, 2.05) is 42.5 Å². The molecule has 1 atom stereocenters. The Balaban J connectivity index is 2.04. The van der Waals surface area contributed by atoms with Crippen LogP contribution in [0.15, 0.2) is 68.1 Å². The minimum absolute atomic E-state index is 0.0690. The number of likely N-dealkylation sites (N-methyl/N-ethyl adjacent to an activating group) is 1. The molecule has 0 aromatic heterocycles. The molecule has 142 valence electrons. The fraction of sp³-hybridized carbons (Fsp3) is 0.150. The highest BCUT2D eigenvalue weighted by atomic mass is 79.9. The van der Waals surface area contributed by atoms with Gasteiger partial charge in [0.25, 0.3) is 5.91 Å². The summed E-state index contributed by atoms with van der Waals surface area (Å²) in [4.78, 5) is 26.9. The van der Waals surface area contributed by atoms with E-state index in [0.29, 0.717) is 17.1 Å². The molecule has 28 heavy (non-hydrogen) atoms. The number of anilines is 1. The molecular weight excluding hydrogens is 506 g/mol.